The first-order valence-electron chi connectivity index (χ1n) is 4.99. The second-order valence-electron chi connectivity index (χ2n) is 4.04. The molecule has 72 valence electrons. The van der Waals surface area contributed by atoms with Gasteiger partial charge in [0, 0.05) is 19.2 Å². The fourth-order valence-corrected chi connectivity index (χ4v) is 2.06. The molecule has 0 heterocycles. The van der Waals surface area contributed by atoms with Crippen LogP contribution in [0.25, 0.3) is 0 Å². The molecular formula is C10H21NO. The number of methoxy groups -OCH3 is 1. The molecule has 0 bridgehead atoms. The zero-order valence-corrected chi connectivity index (χ0v) is 8.47. The molecule has 0 aromatic rings. The summed E-state index contributed by atoms with van der Waals surface area (Å²) >= 11 is 0. The van der Waals surface area contributed by atoms with Crippen molar-refractivity contribution < 1.29 is 4.74 Å². The highest BCUT2D eigenvalue weighted by Crippen LogP contribution is 2.24. The molecule has 2 nitrogen and oxygen atoms in total. The van der Waals surface area contributed by atoms with Crippen LogP contribution in [0, 0.1) is 5.92 Å². The first-order valence-corrected chi connectivity index (χ1v) is 4.99. The van der Waals surface area contributed by atoms with Gasteiger partial charge in [0.15, 0.2) is 0 Å². The maximum atomic E-state index is 5.09. The fraction of sp³-hybridized carbons (Fsp3) is 1.00. The molecule has 1 N–H and O–H groups in total. The Kier molecular flexibility index (Phi) is 4.02. The van der Waals surface area contributed by atoms with Crippen molar-refractivity contribution in [1.82, 2.24) is 5.32 Å². The topological polar surface area (TPSA) is 21.3 Å². The molecule has 1 rings (SSSR count). The molecule has 0 aromatic heterocycles. The normalized spacial score (nSPS) is 32.2. The van der Waals surface area contributed by atoms with Crippen LogP contribution in [0.4, 0.5) is 0 Å². The minimum Gasteiger partial charge on any atom is -0.383 e. The van der Waals surface area contributed by atoms with Gasteiger partial charge in [-0.2, -0.15) is 0 Å². The van der Waals surface area contributed by atoms with E-state index in [1.165, 1.54) is 19.3 Å². The predicted molar refractivity (Wildman–Crippen MR) is 51.3 cm³/mol. The van der Waals surface area contributed by atoms with Crippen molar-refractivity contribution in [3.63, 3.8) is 0 Å². The van der Waals surface area contributed by atoms with Crippen LogP contribution in [0.3, 0.4) is 0 Å². The van der Waals surface area contributed by atoms with Crippen LogP contribution in [0.1, 0.15) is 33.1 Å². The van der Waals surface area contributed by atoms with Gasteiger partial charge in [0.1, 0.15) is 0 Å². The summed E-state index contributed by atoms with van der Waals surface area (Å²) in [5.41, 5.74) is 0. The van der Waals surface area contributed by atoms with Crippen molar-refractivity contribution in [2.45, 2.75) is 45.2 Å². The summed E-state index contributed by atoms with van der Waals surface area (Å²) in [6.45, 7) is 5.35. The lowest BCUT2D eigenvalue weighted by Crippen LogP contribution is -2.40. The van der Waals surface area contributed by atoms with Crippen LogP contribution < -0.4 is 5.32 Å². The van der Waals surface area contributed by atoms with Gasteiger partial charge in [-0.05, 0) is 25.7 Å². The van der Waals surface area contributed by atoms with E-state index in [2.05, 4.69) is 19.2 Å². The molecule has 0 radical (unpaired) electrons. The van der Waals surface area contributed by atoms with E-state index in [1.807, 2.05) is 0 Å². The van der Waals surface area contributed by atoms with Gasteiger partial charge in [-0.3, -0.25) is 0 Å². The number of nitrogens with one attached hydrogen (secondary N) is 1. The number of rotatable bonds is 4. The highest BCUT2D eigenvalue weighted by molar-refractivity contribution is 4.82. The molecule has 1 fully saturated rings. The minimum absolute atomic E-state index is 0.501. The van der Waals surface area contributed by atoms with Crippen molar-refractivity contribution in [2.75, 3.05) is 13.7 Å². The van der Waals surface area contributed by atoms with Gasteiger partial charge >= 0.3 is 0 Å². The quantitative estimate of drug-likeness (QED) is 0.696. The molecular weight excluding hydrogens is 150 g/mol. The molecule has 0 spiro atoms. The van der Waals surface area contributed by atoms with Crippen molar-refractivity contribution in [3.8, 4) is 0 Å². The van der Waals surface area contributed by atoms with Gasteiger partial charge < -0.3 is 10.1 Å². The highest BCUT2D eigenvalue weighted by atomic mass is 16.5. The Bertz CT molecular complexity index is 127. The predicted octanol–water partition coefficient (Wildman–Crippen LogP) is 1.80. The lowest BCUT2D eigenvalue weighted by Gasteiger charge is -2.22. The van der Waals surface area contributed by atoms with Crippen LogP contribution in [-0.4, -0.2) is 25.8 Å². The molecule has 12 heavy (non-hydrogen) atoms. The Labute approximate surface area is 75.7 Å². The van der Waals surface area contributed by atoms with Crippen molar-refractivity contribution in [3.05, 3.63) is 0 Å². The Morgan fingerprint density at radius 1 is 1.50 bits per heavy atom. The number of ether oxygens (including phenoxy) is 1. The average Bonchev–Trinajstić information content (AvgIpc) is 2.37. The van der Waals surface area contributed by atoms with E-state index in [9.17, 15) is 0 Å². The molecule has 0 aliphatic heterocycles. The molecule has 0 saturated heterocycles. The van der Waals surface area contributed by atoms with Crippen molar-refractivity contribution >= 4 is 0 Å². The zero-order valence-electron chi connectivity index (χ0n) is 8.47. The van der Waals surface area contributed by atoms with Crippen LogP contribution in [-0.2, 0) is 4.74 Å². The number of hydrogen-bond donors (Lipinski definition) is 1. The molecule has 3 unspecified atom stereocenters. The maximum absolute atomic E-state index is 5.09. The van der Waals surface area contributed by atoms with Crippen molar-refractivity contribution in [1.29, 1.82) is 0 Å². The van der Waals surface area contributed by atoms with Gasteiger partial charge in [0.05, 0.1) is 6.61 Å². The first-order chi connectivity index (χ1) is 5.74. The Morgan fingerprint density at radius 2 is 2.25 bits per heavy atom. The largest absolute Gasteiger partial charge is 0.383 e. The smallest absolute Gasteiger partial charge is 0.0613 e. The van der Waals surface area contributed by atoms with Crippen molar-refractivity contribution in [2.24, 2.45) is 5.92 Å². The van der Waals surface area contributed by atoms with E-state index < -0.39 is 0 Å². The van der Waals surface area contributed by atoms with E-state index in [0.717, 1.165) is 18.6 Å². The van der Waals surface area contributed by atoms with Gasteiger partial charge in [-0.15, -0.1) is 0 Å². The SMILES string of the molecule is COCC(C)NC1CCCC1C. The Morgan fingerprint density at radius 3 is 2.75 bits per heavy atom. The third-order valence-electron chi connectivity index (χ3n) is 2.78. The monoisotopic (exact) mass is 171 g/mol. The third kappa shape index (κ3) is 2.76. The molecule has 1 saturated carbocycles. The fourth-order valence-electron chi connectivity index (χ4n) is 2.06. The summed E-state index contributed by atoms with van der Waals surface area (Å²) < 4.78 is 5.09. The summed E-state index contributed by atoms with van der Waals surface area (Å²) in [5, 5.41) is 3.60. The standard InChI is InChI=1S/C10H21NO/c1-8-5-4-6-10(8)11-9(2)7-12-3/h8-11H,4-7H2,1-3H3. The van der Waals surface area contributed by atoms with Crippen LogP contribution >= 0.6 is 0 Å². The van der Waals surface area contributed by atoms with Crippen LogP contribution in [0.2, 0.25) is 0 Å². The van der Waals surface area contributed by atoms with Gasteiger partial charge in [-0.1, -0.05) is 13.3 Å². The molecule has 1 aliphatic rings. The summed E-state index contributed by atoms with van der Waals surface area (Å²) in [4.78, 5) is 0. The van der Waals surface area contributed by atoms with Crippen LogP contribution in [0.15, 0.2) is 0 Å². The number of hydrogen-bond acceptors (Lipinski definition) is 2. The molecule has 0 aromatic carbocycles. The van der Waals surface area contributed by atoms with E-state index in [4.69, 9.17) is 4.74 Å². The summed E-state index contributed by atoms with van der Waals surface area (Å²) in [6, 6.07) is 1.23. The van der Waals surface area contributed by atoms with E-state index in [0.29, 0.717) is 6.04 Å². The van der Waals surface area contributed by atoms with E-state index in [-0.39, 0.29) is 0 Å². The molecule has 2 heteroatoms. The highest BCUT2D eigenvalue weighted by Gasteiger charge is 2.23. The lowest BCUT2D eigenvalue weighted by molar-refractivity contribution is 0.163. The van der Waals surface area contributed by atoms with E-state index in [1.54, 1.807) is 7.11 Å². The Balaban J connectivity index is 2.20. The maximum Gasteiger partial charge on any atom is 0.0613 e. The third-order valence-corrected chi connectivity index (χ3v) is 2.78. The average molecular weight is 171 g/mol. The van der Waals surface area contributed by atoms with E-state index >= 15 is 0 Å². The molecule has 0 amide bonds. The van der Waals surface area contributed by atoms with Gasteiger partial charge in [0.2, 0.25) is 0 Å². The molecule has 1 aliphatic carbocycles. The second kappa shape index (κ2) is 4.83. The lowest BCUT2D eigenvalue weighted by atomic mass is 10.1. The van der Waals surface area contributed by atoms with Gasteiger partial charge in [-0.25, -0.2) is 0 Å². The van der Waals surface area contributed by atoms with Gasteiger partial charge in [0.25, 0.3) is 0 Å². The zero-order chi connectivity index (χ0) is 8.97. The summed E-state index contributed by atoms with van der Waals surface area (Å²) in [5.74, 6) is 0.851. The summed E-state index contributed by atoms with van der Waals surface area (Å²) in [7, 11) is 1.76. The molecule has 3 atom stereocenters. The van der Waals surface area contributed by atoms with Crippen LogP contribution in [0.5, 0.6) is 0 Å². The second-order valence-corrected chi connectivity index (χ2v) is 4.04. The Hall–Kier alpha value is -0.0800. The minimum atomic E-state index is 0.501. The first kappa shape index (κ1) is 10.0. The summed E-state index contributed by atoms with van der Waals surface area (Å²) in [6.07, 6.45) is 4.12.